The number of ether oxygens (including phenoxy) is 2. The van der Waals surface area contributed by atoms with Gasteiger partial charge in [-0.2, -0.15) is 0 Å². The van der Waals surface area contributed by atoms with Crippen molar-refractivity contribution in [3.63, 3.8) is 0 Å². The first kappa shape index (κ1) is 24.8. The maximum absolute atomic E-state index is 13.0. The summed E-state index contributed by atoms with van der Waals surface area (Å²) in [6.07, 6.45) is 1.77. The molecule has 3 aromatic carbocycles. The Morgan fingerprint density at radius 3 is 2.43 bits per heavy atom. The van der Waals surface area contributed by atoms with Gasteiger partial charge in [-0.1, -0.05) is 53.8 Å². The summed E-state index contributed by atoms with van der Waals surface area (Å²) in [6.45, 7) is 1.76. The SMILES string of the molecule is COc1ccc(NC(=O)COc2ccc(/C=C3\SC(=S)N(c4ccc(C)c(Cl)c4)C3=O)cc2)cc1. The molecule has 0 atom stereocenters. The quantitative estimate of drug-likeness (QED) is 0.298. The summed E-state index contributed by atoms with van der Waals surface area (Å²) < 4.78 is 11.1. The molecule has 9 heteroatoms. The molecule has 0 aromatic heterocycles. The predicted molar refractivity (Wildman–Crippen MR) is 145 cm³/mol. The third kappa shape index (κ3) is 6.03. The van der Waals surface area contributed by atoms with E-state index in [0.717, 1.165) is 11.1 Å². The Bertz CT molecular complexity index is 1310. The van der Waals surface area contributed by atoms with E-state index in [0.29, 0.717) is 37.1 Å². The number of thiocarbonyl (C=S) groups is 1. The van der Waals surface area contributed by atoms with Crippen LogP contribution in [0.3, 0.4) is 0 Å². The summed E-state index contributed by atoms with van der Waals surface area (Å²) in [5, 5.41) is 3.34. The summed E-state index contributed by atoms with van der Waals surface area (Å²) in [5.74, 6) is 0.768. The standard InChI is InChI=1S/C26H21ClN2O4S2/c1-16-3-8-19(14-22(16)27)29-25(31)23(35-26(29)34)13-17-4-9-21(10-5-17)33-15-24(30)28-18-6-11-20(32-2)12-7-18/h3-14H,15H2,1-2H3,(H,28,30)/b23-13-. The molecule has 1 saturated heterocycles. The highest BCUT2D eigenvalue weighted by atomic mass is 35.5. The third-order valence-corrected chi connectivity index (χ3v) is 6.84. The van der Waals surface area contributed by atoms with Crippen molar-refractivity contribution in [2.75, 3.05) is 23.9 Å². The van der Waals surface area contributed by atoms with Gasteiger partial charge in [0.05, 0.1) is 17.7 Å². The minimum Gasteiger partial charge on any atom is -0.497 e. The molecule has 2 amide bonds. The van der Waals surface area contributed by atoms with Gasteiger partial charge in [0.1, 0.15) is 11.5 Å². The molecule has 1 aliphatic heterocycles. The number of aryl methyl sites for hydroxylation is 1. The Kier molecular flexibility index (Phi) is 7.75. The van der Waals surface area contributed by atoms with E-state index < -0.39 is 0 Å². The number of carbonyl (C=O) groups excluding carboxylic acids is 2. The second-order valence-electron chi connectivity index (χ2n) is 7.58. The van der Waals surface area contributed by atoms with Gasteiger partial charge in [0.15, 0.2) is 10.9 Å². The van der Waals surface area contributed by atoms with Crippen LogP contribution in [0.2, 0.25) is 5.02 Å². The van der Waals surface area contributed by atoms with Crippen LogP contribution in [0.5, 0.6) is 11.5 Å². The van der Waals surface area contributed by atoms with Crippen molar-refractivity contribution in [1.29, 1.82) is 0 Å². The summed E-state index contributed by atoms with van der Waals surface area (Å²) in [4.78, 5) is 27.1. The molecule has 3 aromatic rings. The van der Waals surface area contributed by atoms with Gasteiger partial charge in [0.25, 0.3) is 11.8 Å². The molecule has 1 fully saturated rings. The Labute approximate surface area is 217 Å². The maximum Gasteiger partial charge on any atom is 0.270 e. The van der Waals surface area contributed by atoms with E-state index in [1.807, 2.05) is 31.2 Å². The van der Waals surface area contributed by atoms with Gasteiger partial charge in [0, 0.05) is 10.7 Å². The van der Waals surface area contributed by atoms with E-state index in [1.54, 1.807) is 55.7 Å². The first-order valence-electron chi connectivity index (χ1n) is 10.5. The van der Waals surface area contributed by atoms with Gasteiger partial charge in [-0.05, 0) is 72.7 Å². The van der Waals surface area contributed by atoms with Gasteiger partial charge in [-0.25, -0.2) is 0 Å². The Morgan fingerprint density at radius 2 is 1.77 bits per heavy atom. The number of rotatable bonds is 7. The van der Waals surface area contributed by atoms with Crippen LogP contribution in [0.1, 0.15) is 11.1 Å². The second kappa shape index (κ2) is 10.9. The van der Waals surface area contributed by atoms with Crippen LogP contribution in [0, 0.1) is 6.92 Å². The van der Waals surface area contributed by atoms with Gasteiger partial charge in [-0.15, -0.1) is 0 Å². The van der Waals surface area contributed by atoms with Gasteiger partial charge in [0.2, 0.25) is 0 Å². The molecule has 0 radical (unpaired) electrons. The van der Waals surface area contributed by atoms with Crippen molar-refractivity contribution in [3.05, 3.63) is 87.8 Å². The van der Waals surface area contributed by atoms with Crippen LogP contribution < -0.4 is 19.7 Å². The number of anilines is 2. The summed E-state index contributed by atoms with van der Waals surface area (Å²) in [5.41, 5.74) is 3.03. The zero-order valence-electron chi connectivity index (χ0n) is 18.9. The van der Waals surface area contributed by atoms with Crippen LogP contribution in [-0.4, -0.2) is 29.9 Å². The lowest BCUT2D eigenvalue weighted by atomic mass is 10.2. The molecular formula is C26H21ClN2O4S2. The van der Waals surface area contributed by atoms with Gasteiger partial charge < -0.3 is 14.8 Å². The molecule has 1 N–H and O–H groups in total. The molecule has 0 spiro atoms. The molecule has 6 nitrogen and oxygen atoms in total. The highest BCUT2D eigenvalue weighted by Gasteiger charge is 2.33. The molecule has 4 rings (SSSR count). The van der Waals surface area contributed by atoms with E-state index >= 15 is 0 Å². The number of nitrogens with zero attached hydrogens (tertiary/aromatic N) is 1. The van der Waals surface area contributed by atoms with Gasteiger partial charge >= 0.3 is 0 Å². The van der Waals surface area contributed by atoms with Gasteiger partial charge in [-0.3, -0.25) is 14.5 Å². The topological polar surface area (TPSA) is 67.9 Å². The van der Waals surface area contributed by atoms with E-state index in [4.69, 9.17) is 33.3 Å². The lowest BCUT2D eigenvalue weighted by Gasteiger charge is -2.15. The molecule has 35 heavy (non-hydrogen) atoms. The molecule has 0 aliphatic carbocycles. The molecular weight excluding hydrogens is 504 g/mol. The Morgan fingerprint density at radius 1 is 1.09 bits per heavy atom. The Balaban J connectivity index is 1.36. The fraction of sp³-hybridized carbons (Fsp3) is 0.115. The lowest BCUT2D eigenvalue weighted by molar-refractivity contribution is -0.118. The molecule has 0 bridgehead atoms. The van der Waals surface area contributed by atoms with E-state index in [9.17, 15) is 9.59 Å². The van der Waals surface area contributed by atoms with Crippen LogP contribution >= 0.6 is 35.6 Å². The van der Waals surface area contributed by atoms with Crippen molar-refractivity contribution >= 4 is 69.2 Å². The number of thioether (sulfide) groups is 1. The largest absolute Gasteiger partial charge is 0.497 e. The van der Waals surface area contributed by atoms with Crippen LogP contribution in [0.15, 0.2) is 71.6 Å². The minimum atomic E-state index is -0.279. The van der Waals surface area contributed by atoms with E-state index in [2.05, 4.69) is 5.32 Å². The van der Waals surface area contributed by atoms with Crippen LogP contribution in [-0.2, 0) is 9.59 Å². The predicted octanol–water partition coefficient (Wildman–Crippen LogP) is 6.08. The van der Waals surface area contributed by atoms with E-state index in [1.165, 1.54) is 16.7 Å². The first-order chi connectivity index (χ1) is 16.8. The van der Waals surface area contributed by atoms with Crippen LogP contribution in [0.25, 0.3) is 6.08 Å². The zero-order chi connectivity index (χ0) is 24.9. The monoisotopic (exact) mass is 524 g/mol. The third-order valence-electron chi connectivity index (χ3n) is 5.13. The molecule has 1 aliphatic rings. The average Bonchev–Trinajstić information content (AvgIpc) is 3.13. The van der Waals surface area contributed by atoms with Crippen molar-refractivity contribution in [3.8, 4) is 11.5 Å². The van der Waals surface area contributed by atoms with Crippen LogP contribution in [0.4, 0.5) is 11.4 Å². The number of nitrogens with one attached hydrogen (secondary N) is 1. The average molecular weight is 525 g/mol. The highest BCUT2D eigenvalue weighted by Crippen LogP contribution is 2.37. The number of amides is 2. The summed E-state index contributed by atoms with van der Waals surface area (Å²) in [7, 11) is 1.58. The molecule has 178 valence electrons. The normalized spacial score (nSPS) is 14.4. The number of halogens is 1. The number of methoxy groups -OCH3 is 1. The minimum absolute atomic E-state index is 0.136. The highest BCUT2D eigenvalue weighted by molar-refractivity contribution is 8.27. The molecule has 1 heterocycles. The second-order valence-corrected chi connectivity index (χ2v) is 9.67. The van der Waals surface area contributed by atoms with Crippen molar-refractivity contribution < 1.29 is 19.1 Å². The first-order valence-corrected chi connectivity index (χ1v) is 12.1. The molecule has 0 unspecified atom stereocenters. The number of hydrogen-bond donors (Lipinski definition) is 1. The smallest absolute Gasteiger partial charge is 0.270 e. The zero-order valence-corrected chi connectivity index (χ0v) is 21.3. The molecule has 0 saturated carbocycles. The van der Waals surface area contributed by atoms with Crippen molar-refractivity contribution in [2.45, 2.75) is 6.92 Å². The summed E-state index contributed by atoms with van der Waals surface area (Å²) >= 11 is 12.9. The maximum atomic E-state index is 13.0. The number of carbonyl (C=O) groups is 2. The number of hydrogen-bond acceptors (Lipinski definition) is 6. The van der Waals surface area contributed by atoms with E-state index in [-0.39, 0.29) is 18.4 Å². The number of benzene rings is 3. The Hall–Kier alpha value is -3.33. The lowest BCUT2D eigenvalue weighted by Crippen LogP contribution is -2.27. The summed E-state index contributed by atoms with van der Waals surface area (Å²) in [6, 6.07) is 19.6. The van der Waals surface area contributed by atoms with Crippen molar-refractivity contribution in [2.24, 2.45) is 0 Å². The van der Waals surface area contributed by atoms with Crippen molar-refractivity contribution in [1.82, 2.24) is 0 Å². The fourth-order valence-electron chi connectivity index (χ4n) is 3.24. The fourth-order valence-corrected chi connectivity index (χ4v) is 4.72.